The van der Waals surface area contributed by atoms with Gasteiger partial charge in [0.05, 0.1) is 24.6 Å². The Hall–Kier alpha value is -0.850. The zero-order valence-corrected chi connectivity index (χ0v) is 11.7. The van der Waals surface area contributed by atoms with Gasteiger partial charge in [0, 0.05) is 6.04 Å². The molecule has 0 aliphatic carbocycles. The summed E-state index contributed by atoms with van der Waals surface area (Å²) in [6.45, 7) is 2.99. The Morgan fingerprint density at radius 1 is 1.56 bits per heavy atom. The van der Waals surface area contributed by atoms with Crippen LogP contribution < -0.4 is 5.73 Å². The summed E-state index contributed by atoms with van der Waals surface area (Å²) in [6.07, 6.45) is 0.711. The van der Waals surface area contributed by atoms with Crippen molar-refractivity contribution in [1.82, 2.24) is 4.90 Å². The Balaban J connectivity index is 2.01. The van der Waals surface area contributed by atoms with Gasteiger partial charge in [-0.1, -0.05) is 0 Å². The predicted molar refractivity (Wildman–Crippen MR) is 69.9 cm³/mol. The molecule has 1 unspecified atom stereocenters. The van der Waals surface area contributed by atoms with Crippen molar-refractivity contribution in [1.29, 1.82) is 0 Å². The first kappa shape index (κ1) is 13.6. The number of hydrogen-bond acceptors (Lipinski definition) is 5. The molecule has 1 fully saturated rings. The number of nitrogens with two attached hydrogens (primary N) is 1. The van der Waals surface area contributed by atoms with E-state index in [0.29, 0.717) is 25.3 Å². The lowest BCUT2D eigenvalue weighted by atomic mass is 10.2. The summed E-state index contributed by atoms with van der Waals surface area (Å²) in [5.41, 5.74) is 6.62. The van der Waals surface area contributed by atoms with E-state index >= 15 is 0 Å². The maximum Gasteiger partial charge on any atom is 0.151 e. The second-order valence-electron chi connectivity index (χ2n) is 4.99. The van der Waals surface area contributed by atoms with Gasteiger partial charge in [-0.15, -0.1) is 0 Å². The molecule has 0 aromatic carbocycles. The molecule has 0 saturated carbocycles. The molecule has 0 amide bonds. The lowest BCUT2D eigenvalue weighted by Gasteiger charge is -2.21. The zero-order chi connectivity index (χ0) is 13.3. The average Bonchev–Trinajstić information content (AvgIpc) is 2.81. The molecule has 5 nitrogen and oxygen atoms in total. The first-order valence-electron chi connectivity index (χ1n) is 6.10. The fourth-order valence-electron chi connectivity index (χ4n) is 2.37. The highest BCUT2D eigenvalue weighted by molar-refractivity contribution is 7.91. The SMILES string of the molecule is Cc1cc(CN(C)C2CCS(=O)(=O)C2)oc1CN. The van der Waals surface area contributed by atoms with E-state index in [1.165, 1.54) is 0 Å². The number of aryl methyl sites for hydroxylation is 1. The number of furan rings is 1. The molecule has 102 valence electrons. The first-order chi connectivity index (χ1) is 8.41. The summed E-state index contributed by atoms with van der Waals surface area (Å²) >= 11 is 0. The summed E-state index contributed by atoms with van der Waals surface area (Å²) in [5.74, 6) is 2.21. The quantitative estimate of drug-likeness (QED) is 0.871. The number of sulfone groups is 1. The Bertz CT molecular complexity index is 521. The van der Waals surface area contributed by atoms with Crippen molar-refractivity contribution >= 4 is 9.84 Å². The molecule has 1 aromatic heterocycles. The minimum atomic E-state index is -2.83. The van der Waals surface area contributed by atoms with E-state index in [1.54, 1.807) is 0 Å². The molecule has 0 bridgehead atoms. The summed E-state index contributed by atoms with van der Waals surface area (Å²) in [6, 6.07) is 2.07. The lowest BCUT2D eigenvalue weighted by molar-refractivity contribution is 0.231. The molecule has 1 aliphatic heterocycles. The van der Waals surface area contributed by atoms with Crippen LogP contribution in [0.5, 0.6) is 0 Å². The highest BCUT2D eigenvalue weighted by atomic mass is 32.2. The molecule has 6 heteroatoms. The number of hydrogen-bond donors (Lipinski definition) is 1. The van der Waals surface area contributed by atoms with Gasteiger partial charge in [-0.25, -0.2) is 8.42 Å². The van der Waals surface area contributed by atoms with Gasteiger partial charge in [-0.3, -0.25) is 4.90 Å². The third-order valence-electron chi connectivity index (χ3n) is 3.49. The second-order valence-corrected chi connectivity index (χ2v) is 7.22. The van der Waals surface area contributed by atoms with Crippen LogP contribution in [0, 0.1) is 6.92 Å². The molecule has 2 heterocycles. The van der Waals surface area contributed by atoms with Crippen LogP contribution in [0.3, 0.4) is 0 Å². The molecule has 1 aromatic rings. The van der Waals surface area contributed by atoms with Gasteiger partial charge >= 0.3 is 0 Å². The van der Waals surface area contributed by atoms with Gasteiger partial charge in [-0.2, -0.15) is 0 Å². The molecular formula is C12H20N2O3S. The molecule has 1 saturated heterocycles. The topological polar surface area (TPSA) is 76.5 Å². The van der Waals surface area contributed by atoms with Gasteiger partial charge in [0.2, 0.25) is 0 Å². The normalized spacial score (nSPS) is 22.8. The van der Waals surface area contributed by atoms with Crippen LogP contribution in [-0.2, 0) is 22.9 Å². The Kier molecular flexibility index (Phi) is 3.79. The van der Waals surface area contributed by atoms with Crippen molar-refractivity contribution < 1.29 is 12.8 Å². The fraction of sp³-hybridized carbons (Fsp3) is 0.667. The van der Waals surface area contributed by atoms with E-state index in [2.05, 4.69) is 0 Å². The minimum Gasteiger partial charge on any atom is -0.463 e. The van der Waals surface area contributed by atoms with Gasteiger partial charge in [0.15, 0.2) is 9.84 Å². The maximum atomic E-state index is 11.4. The molecule has 0 radical (unpaired) electrons. The van der Waals surface area contributed by atoms with Crippen molar-refractivity contribution in [3.05, 3.63) is 23.2 Å². The Morgan fingerprint density at radius 3 is 2.78 bits per heavy atom. The average molecular weight is 272 g/mol. The van der Waals surface area contributed by atoms with E-state index in [1.807, 2.05) is 24.9 Å². The summed E-state index contributed by atoms with van der Waals surface area (Å²) < 4.78 is 28.5. The third kappa shape index (κ3) is 2.93. The molecule has 1 aliphatic rings. The molecule has 2 rings (SSSR count). The van der Waals surface area contributed by atoms with Crippen LogP contribution in [0.1, 0.15) is 23.5 Å². The summed E-state index contributed by atoms with van der Waals surface area (Å²) in [5, 5.41) is 0. The fourth-order valence-corrected chi connectivity index (χ4v) is 4.17. The Labute approximate surface area is 108 Å². The van der Waals surface area contributed by atoms with Gasteiger partial charge in [-0.05, 0) is 32.0 Å². The molecule has 2 N–H and O–H groups in total. The van der Waals surface area contributed by atoms with Crippen molar-refractivity contribution in [3.63, 3.8) is 0 Å². The predicted octanol–water partition coefficient (Wildman–Crippen LogP) is 0.666. The Morgan fingerprint density at radius 2 is 2.28 bits per heavy atom. The van der Waals surface area contributed by atoms with Crippen molar-refractivity contribution in [2.45, 2.75) is 32.5 Å². The van der Waals surface area contributed by atoms with Gasteiger partial charge in [0.1, 0.15) is 11.5 Å². The largest absolute Gasteiger partial charge is 0.463 e. The van der Waals surface area contributed by atoms with E-state index in [0.717, 1.165) is 17.1 Å². The maximum absolute atomic E-state index is 11.4. The van der Waals surface area contributed by atoms with E-state index in [4.69, 9.17) is 10.2 Å². The number of rotatable bonds is 4. The molecule has 18 heavy (non-hydrogen) atoms. The van der Waals surface area contributed by atoms with Gasteiger partial charge < -0.3 is 10.2 Å². The zero-order valence-electron chi connectivity index (χ0n) is 10.8. The van der Waals surface area contributed by atoms with E-state index in [9.17, 15) is 8.42 Å². The highest BCUT2D eigenvalue weighted by Gasteiger charge is 2.30. The highest BCUT2D eigenvalue weighted by Crippen LogP contribution is 2.20. The molecular weight excluding hydrogens is 252 g/mol. The monoisotopic (exact) mass is 272 g/mol. The third-order valence-corrected chi connectivity index (χ3v) is 5.24. The van der Waals surface area contributed by atoms with Crippen LogP contribution in [0.25, 0.3) is 0 Å². The standard InChI is InChI=1S/C12H20N2O3S/c1-9-5-11(17-12(9)6-13)7-14(2)10-3-4-18(15,16)8-10/h5,10H,3-4,6-8,13H2,1-2H3. The molecule has 1 atom stereocenters. The van der Waals surface area contributed by atoms with Crippen LogP contribution >= 0.6 is 0 Å². The van der Waals surface area contributed by atoms with Gasteiger partial charge in [0.25, 0.3) is 0 Å². The van der Waals surface area contributed by atoms with E-state index in [-0.39, 0.29) is 11.8 Å². The molecule has 0 spiro atoms. The first-order valence-corrected chi connectivity index (χ1v) is 7.92. The summed E-state index contributed by atoms with van der Waals surface area (Å²) in [7, 11) is -0.897. The lowest BCUT2D eigenvalue weighted by Crippen LogP contribution is -2.31. The van der Waals surface area contributed by atoms with E-state index < -0.39 is 9.84 Å². The van der Waals surface area contributed by atoms with Crippen molar-refractivity contribution in [2.75, 3.05) is 18.6 Å². The van der Waals surface area contributed by atoms with Crippen molar-refractivity contribution in [3.8, 4) is 0 Å². The van der Waals surface area contributed by atoms with Crippen LogP contribution in [0.4, 0.5) is 0 Å². The second kappa shape index (κ2) is 5.03. The van der Waals surface area contributed by atoms with Crippen LogP contribution in [-0.4, -0.2) is 37.9 Å². The van der Waals surface area contributed by atoms with Crippen LogP contribution in [0.2, 0.25) is 0 Å². The smallest absolute Gasteiger partial charge is 0.151 e. The minimum absolute atomic E-state index is 0.0988. The van der Waals surface area contributed by atoms with Crippen LogP contribution in [0.15, 0.2) is 10.5 Å². The summed E-state index contributed by atoms with van der Waals surface area (Å²) in [4.78, 5) is 2.04. The van der Waals surface area contributed by atoms with Crippen molar-refractivity contribution in [2.24, 2.45) is 5.73 Å². The number of nitrogens with zero attached hydrogens (tertiary/aromatic N) is 1.